The number of aromatic nitrogens is 4. The molecule has 2 heterocycles. The van der Waals surface area contributed by atoms with Gasteiger partial charge in [-0.15, -0.1) is 0 Å². The lowest BCUT2D eigenvalue weighted by atomic mass is 10.0. The molecule has 0 aliphatic rings. The third kappa shape index (κ3) is 7.20. The molecule has 252 valence electrons. The Morgan fingerprint density at radius 2 is 1.02 bits per heavy atom. The summed E-state index contributed by atoms with van der Waals surface area (Å²) in [5, 5.41) is 0. The fourth-order valence-electron chi connectivity index (χ4n) is 6.00. The summed E-state index contributed by atoms with van der Waals surface area (Å²) in [4.78, 5) is 9.83. The van der Waals surface area contributed by atoms with Crippen LogP contribution >= 0.6 is 31.9 Å². The molecule has 0 atom stereocenters. The van der Waals surface area contributed by atoms with Crippen molar-refractivity contribution in [2.24, 2.45) is 0 Å². The van der Waals surface area contributed by atoms with Crippen molar-refractivity contribution < 1.29 is 9.47 Å². The van der Waals surface area contributed by atoms with E-state index in [1.165, 1.54) is 11.1 Å². The highest BCUT2D eigenvalue weighted by Gasteiger charge is 2.19. The van der Waals surface area contributed by atoms with Gasteiger partial charge in [-0.3, -0.25) is 0 Å². The Balaban J connectivity index is 0.000000188. The van der Waals surface area contributed by atoms with Crippen LogP contribution < -0.4 is 9.47 Å². The number of benzene rings is 4. The summed E-state index contributed by atoms with van der Waals surface area (Å²) in [7, 11) is 3.42. The summed E-state index contributed by atoms with van der Waals surface area (Å²) in [6, 6.07) is 25.4. The lowest BCUT2D eigenvalue weighted by Gasteiger charge is -2.12. The molecule has 2 aromatic heterocycles. The van der Waals surface area contributed by atoms with Gasteiger partial charge in [0.25, 0.3) is 0 Å². The molecule has 0 radical (unpaired) electrons. The van der Waals surface area contributed by atoms with Crippen molar-refractivity contribution in [1.29, 1.82) is 0 Å². The van der Waals surface area contributed by atoms with E-state index >= 15 is 0 Å². The Morgan fingerprint density at radius 1 is 0.604 bits per heavy atom. The fourth-order valence-corrected chi connectivity index (χ4v) is 6.82. The van der Waals surface area contributed by atoms with Gasteiger partial charge in [-0.05, 0) is 92.4 Å². The molecule has 0 amide bonds. The zero-order valence-electron chi connectivity index (χ0n) is 29.3. The van der Waals surface area contributed by atoms with Crippen LogP contribution in [0.1, 0.15) is 77.3 Å². The number of unbranched alkanes of at least 4 members (excludes halogenated alkanes) is 1. The molecule has 0 spiro atoms. The highest BCUT2D eigenvalue weighted by molar-refractivity contribution is 9.11. The van der Waals surface area contributed by atoms with E-state index in [2.05, 4.69) is 131 Å². The predicted molar refractivity (Wildman–Crippen MR) is 208 cm³/mol. The monoisotopic (exact) mass is 772 g/mol. The first kappa shape index (κ1) is 35.7. The van der Waals surface area contributed by atoms with Crippen LogP contribution in [-0.2, 0) is 13.1 Å². The van der Waals surface area contributed by atoms with Gasteiger partial charge in [0, 0.05) is 33.2 Å². The van der Waals surface area contributed by atoms with Gasteiger partial charge in [0.05, 0.1) is 14.2 Å². The molecule has 0 aliphatic carbocycles. The Morgan fingerprint density at radius 3 is 1.40 bits per heavy atom. The van der Waals surface area contributed by atoms with E-state index in [0.717, 1.165) is 91.2 Å². The normalized spacial score (nSPS) is 11.4. The third-order valence-electron chi connectivity index (χ3n) is 8.78. The van der Waals surface area contributed by atoms with E-state index < -0.39 is 0 Å². The van der Waals surface area contributed by atoms with Gasteiger partial charge in [0.1, 0.15) is 45.2 Å². The number of hydrogen-bond donors (Lipinski definition) is 0. The van der Waals surface area contributed by atoms with Crippen molar-refractivity contribution in [3.63, 3.8) is 0 Å². The molecule has 6 nitrogen and oxygen atoms in total. The first-order valence-corrected chi connectivity index (χ1v) is 18.4. The van der Waals surface area contributed by atoms with E-state index in [-0.39, 0.29) is 0 Å². The van der Waals surface area contributed by atoms with Gasteiger partial charge in [-0.25, -0.2) is 9.97 Å². The van der Waals surface area contributed by atoms with Crippen molar-refractivity contribution in [2.45, 2.75) is 79.3 Å². The van der Waals surface area contributed by atoms with Crippen LogP contribution in [-0.4, -0.2) is 33.3 Å². The first-order chi connectivity index (χ1) is 23.1. The predicted octanol–water partition coefficient (Wildman–Crippen LogP) is 12.0. The van der Waals surface area contributed by atoms with Gasteiger partial charge >= 0.3 is 0 Å². The number of hydrogen-bond acceptors (Lipinski definition) is 4. The largest absolute Gasteiger partial charge is 0.494 e. The van der Waals surface area contributed by atoms with Crippen LogP contribution in [0.4, 0.5) is 0 Å². The molecule has 48 heavy (non-hydrogen) atoms. The molecule has 8 heteroatoms. The number of rotatable bonds is 10. The average Bonchev–Trinajstić information content (AvgIpc) is 3.69. The third-order valence-corrected chi connectivity index (χ3v) is 10.1. The molecule has 0 N–H and O–H groups in total. The van der Waals surface area contributed by atoms with Crippen LogP contribution in [0, 0.1) is 0 Å². The minimum Gasteiger partial charge on any atom is -0.494 e. The van der Waals surface area contributed by atoms with Gasteiger partial charge in [-0.1, -0.05) is 89.6 Å². The maximum atomic E-state index is 5.62. The molecule has 0 unspecified atom stereocenters. The quantitative estimate of drug-likeness (QED) is 0.139. The summed E-state index contributed by atoms with van der Waals surface area (Å²) in [5.41, 5.74) is 8.95. The number of fused-ring (bicyclic) bond motifs is 2. The van der Waals surface area contributed by atoms with Crippen LogP contribution in [0.5, 0.6) is 11.5 Å². The standard InChI is InChI=1S/C21H25BrN2O.C19H21BrN2O/c1-5-6-13-24-20-18(25-4)12-11-17(22)19(20)23-21(24)16-9-7-15(8-10-16)14(2)3;1-5-22-18-16(23-4)11-10-15(20)17(18)21-19(22)14-8-6-13(7-9-14)12(2)3/h7-12,14H,5-6,13H2,1-4H3;6-12H,5H2,1-4H3. The summed E-state index contributed by atoms with van der Waals surface area (Å²) >= 11 is 7.26. The van der Waals surface area contributed by atoms with Crippen molar-refractivity contribution in [1.82, 2.24) is 19.1 Å². The average molecular weight is 775 g/mol. The van der Waals surface area contributed by atoms with E-state index in [1.54, 1.807) is 14.2 Å². The second kappa shape index (κ2) is 15.7. The van der Waals surface area contributed by atoms with Crippen molar-refractivity contribution in [3.05, 3.63) is 92.9 Å². The number of methoxy groups -OCH3 is 2. The molecule has 0 saturated heterocycles. The van der Waals surface area contributed by atoms with E-state index in [1.807, 2.05) is 24.3 Å². The second-order valence-electron chi connectivity index (χ2n) is 12.6. The smallest absolute Gasteiger partial charge is 0.144 e. The topological polar surface area (TPSA) is 54.1 Å². The fraction of sp³-hybridized carbons (Fsp3) is 0.350. The van der Waals surface area contributed by atoms with Crippen LogP contribution in [0.3, 0.4) is 0 Å². The SMILES string of the molecule is CCCCn1c(-c2ccc(C(C)C)cc2)nc2c(Br)ccc(OC)c21.CCn1c(-c2ccc(C(C)C)cc2)nc2c(Br)ccc(OC)c21. The second-order valence-corrected chi connectivity index (χ2v) is 14.3. The number of halogens is 2. The minimum absolute atomic E-state index is 0.530. The molecule has 0 bridgehead atoms. The summed E-state index contributed by atoms with van der Waals surface area (Å²) in [6.07, 6.45) is 2.25. The Hall–Kier alpha value is -3.62. The number of ether oxygens (including phenoxy) is 2. The van der Waals surface area contributed by atoms with Gasteiger partial charge in [0.2, 0.25) is 0 Å². The van der Waals surface area contributed by atoms with E-state index in [9.17, 15) is 0 Å². The number of imidazole rings is 2. The minimum atomic E-state index is 0.530. The molecule has 6 rings (SSSR count). The number of nitrogens with zero attached hydrogens (tertiary/aromatic N) is 4. The highest BCUT2D eigenvalue weighted by Crippen LogP contribution is 2.37. The van der Waals surface area contributed by atoms with Crippen LogP contribution in [0.15, 0.2) is 81.7 Å². The Bertz CT molecular complexity index is 1990. The Kier molecular flexibility index (Phi) is 11.7. The highest BCUT2D eigenvalue weighted by atomic mass is 79.9. The maximum absolute atomic E-state index is 5.62. The summed E-state index contributed by atoms with van der Waals surface area (Å²) in [5.74, 6) is 4.76. The van der Waals surface area contributed by atoms with Crippen LogP contribution in [0.25, 0.3) is 44.8 Å². The summed E-state index contributed by atoms with van der Waals surface area (Å²) < 4.78 is 17.7. The van der Waals surface area contributed by atoms with Gasteiger partial charge < -0.3 is 18.6 Å². The molecule has 6 aromatic rings. The molecule has 0 saturated carbocycles. The molecule has 0 aliphatic heterocycles. The molecular formula is C40H46Br2N4O2. The lowest BCUT2D eigenvalue weighted by molar-refractivity contribution is 0.417. The van der Waals surface area contributed by atoms with E-state index in [0.29, 0.717) is 11.8 Å². The first-order valence-electron chi connectivity index (χ1n) is 16.8. The molecular weight excluding hydrogens is 728 g/mol. The van der Waals surface area contributed by atoms with Crippen molar-refractivity contribution in [2.75, 3.05) is 14.2 Å². The van der Waals surface area contributed by atoms with Crippen molar-refractivity contribution in [3.8, 4) is 34.3 Å². The van der Waals surface area contributed by atoms with E-state index in [4.69, 9.17) is 19.4 Å². The zero-order valence-corrected chi connectivity index (χ0v) is 32.4. The zero-order chi connectivity index (χ0) is 34.5. The van der Waals surface area contributed by atoms with Gasteiger partial charge in [-0.2, -0.15) is 0 Å². The summed E-state index contributed by atoms with van der Waals surface area (Å²) in [6.45, 7) is 15.0. The van der Waals surface area contributed by atoms with Crippen LogP contribution in [0.2, 0.25) is 0 Å². The maximum Gasteiger partial charge on any atom is 0.144 e. The lowest BCUT2D eigenvalue weighted by Crippen LogP contribution is -2.02. The van der Waals surface area contributed by atoms with Crippen molar-refractivity contribution >= 4 is 53.9 Å². The Labute approximate surface area is 301 Å². The molecule has 4 aromatic carbocycles. The van der Waals surface area contributed by atoms with Gasteiger partial charge in [0.15, 0.2) is 0 Å². The number of aryl methyl sites for hydroxylation is 2. The molecule has 0 fully saturated rings.